The van der Waals surface area contributed by atoms with Crippen LogP contribution in [0, 0.1) is 0 Å². The Morgan fingerprint density at radius 1 is 1.18 bits per heavy atom. The van der Waals surface area contributed by atoms with Crippen LogP contribution in [0.2, 0.25) is 0 Å². The van der Waals surface area contributed by atoms with Crippen molar-refractivity contribution in [3.63, 3.8) is 0 Å². The molecular formula is C18H26O4. The number of methoxy groups -OCH3 is 1. The molecular weight excluding hydrogens is 280 g/mol. The van der Waals surface area contributed by atoms with Crippen molar-refractivity contribution in [2.45, 2.75) is 46.0 Å². The zero-order chi connectivity index (χ0) is 16.4. The summed E-state index contributed by atoms with van der Waals surface area (Å²) in [6.07, 6.45) is 6.35. The highest BCUT2D eigenvalue weighted by molar-refractivity contribution is 5.92. The number of benzene rings is 1. The van der Waals surface area contributed by atoms with Crippen molar-refractivity contribution in [2.75, 3.05) is 13.7 Å². The molecule has 0 amide bonds. The molecule has 0 unspecified atom stereocenters. The van der Waals surface area contributed by atoms with E-state index in [4.69, 9.17) is 9.47 Å². The first-order chi connectivity index (χ1) is 10.6. The van der Waals surface area contributed by atoms with Gasteiger partial charge in [-0.3, -0.25) is 0 Å². The summed E-state index contributed by atoms with van der Waals surface area (Å²) in [5, 5.41) is 9.19. The molecule has 1 rings (SSSR count). The number of hydrogen-bond donors (Lipinski definition) is 1. The average molecular weight is 306 g/mol. The van der Waals surface area contributed by atoms with Crippen LogP contribution < -0.4 is 9.47 Å². The second-order valence-corrected chi connectivity index (χ2v) is 5.19. The van der Waals surface area contributed by atoms with Crippen LogP contribution in [0.4, 0.5) is 0 Å². The Hall–Kier alpha value is -1.97. The number of rotatable bonds is 10. The van der Waals surface area contributed by atoms with Gasteiger partial charge in [0, 0.05) is 5.57 Å². The summed E-state index contributed by atoms with van der Waals surface area (Å²) < 4.78 is 11.1. The van der Waals surface area contributed by atoms with E-state index in [1.165, 1.54) is 0 Å². The fourth-order valence-corrected chi connectivity index (χ4v) is 2.14. The Labute approximate surface area is 132 Å². The fourth-order valence-electron chi connectivity index (χ4n) is 2.14. The highest BCUT2D eigenvalue weighted by Gasteiger charge is 2.09. The van der Waals surface area contributed by atoms with E-state index < -0.39 is 5.97 Å². The van der Waals surface area contributed by atoms with E-state index in [1.807, 2.05) is 25.1 Å². The van der Waals surface area contributed by atoms with E-state index in [0.29, 0.717) is 30.1 Å². The maximum absolute atomic E-state index is 11.2. The van der Waals surface area contributed by atoms with E-state index in [9.17, 15) is 9.90 Å². The lowest BCUT2D eigenvalue weighted by Gasteiger charge is -2.11. The zero-order valence-electron chi connectivity index (χ0n) is 13.7. The second-order valence-electron chi connectivity index (χ2n) is 5.19. The van der Waals surface area contributed by atoms with Gasteiger partial charge in [-0.05, 0) is 36.6 Å². The summed E-state index contributed by atoms with van der Waals surface area (Å²) in [7, 11) is 1.59. The van der Waals surface area contributed by atoms with Gasteiger partial charge in [0.05, 0.1) is 13.7 Å². The summed E-state index contributed by atoms with van der Waals surface area (Å²) >= 11 is 0. The van der Waals surface area contributed by atoms with E-state index in [0.717, 1.165) is 31.2 Å². The molecule has 0 radical (unpaired) electrons. The average Bonchev–Trinajstić information content (AvgIpc) is 2.51. The molecule has 0 aliphatic carbocycles. The number of ether oxygens (including phenoxy) is 2. The van der Waals surface area contributed by atoms with Crippen LogP contribution in [-0.2, 0) is 4.79 Å². The van der Waals surface area contributed by atoms with Gasteiger partial charge in [-0.2, -0.15) is 0 Å². The van der Waals surface area contributed by atoms with E-state index >= 15 is 0 Å². The molecule has 4 nitrogen and oxygen atoms in total. The van der Waals surface area contributed by atoms with Gasteiger partial charge >= 0.3 is 5.97 Å². The predicted molar refractivity (Wildman–Crippen MR) is 88.5 cm³/mol. The minimum absolute atomic E-state index is 0.404. The van der Waals surface area contributed by atoms with Gasteiger partial charge in [-0.25, -0.2) is 4.79 Å². The lowest BCUT2D eigenvalue weighted by Crippen LogP contribution is -2.01. The molecule has 0 aromatic heterocycles. The van der Waals surface area contributed by atoms with Crippen molar-refractivity contribution < 1.29 is 19.4 Å². The van der Waals surface area contributed by atoms with Gasteiger partial charge in [-0.15, -0.1) is 0 Å². The molecule has 0 heterocycles. The Bertz CT molecular complexity index is 506. The molecule has 0 saturated heterocycles. The molecule has 22 heavy (non-hydrogen) atoms. The molecule has 0 saturated carbocycles. The topological polar surface area (TPSA) is 55.8 Å². The Kier molecular flexibility index (Phi) is 8.11. The molecule has 0 aliphatic heterocycles. The van der Waals surface area contributed by atoms with Crippen molar-refractivity contribution in [1.82, 2.24) is 0 Å². The number of aliphatic carboxylic acids is 1. The predicted octanol–water partition coefficient (Wildman–Crippen LogP) is 4.53. The summed E-state index contributed by atoms with van der Waals surface area (Å²) in [5.41, 5.74) is 1.21. The highest BCUT2D eigenvalue weighted by atomic mass is 16.5. The molecule has 1 aromatic rings. The van der Waals surface area contributed by atoms with Crippen LogP contribution in [-0.4, -0.2) is 24.8 Å². The van der Waals surface area contributed by atoms with Crippen molar-refractivity contribution >= 4 is 12.0 Å². The Balaban J connectivity index is 2.87. The number of hydrogen-bond acceptors (Lipinski definition) is 3. The fraction of sp³-hybridized carbons (Fsp3) is 0.500. The first kappa shape index (κ1) is 18.1. The third-order valence-corrected chi connectivity index (χ3v) is 3.33. The molecule has 1 N–H and O–H groups in total. The monoisotopic (exact) mass is 306 g/mol. The molecule has 0 bridgehead atoms. The van der Waals surface area contributed by atoms with Gasteiger partial charge < -0.3 is 14.6 Å². The minimum atomic E-state index is -0.874. The Morgan fingerprint density at radius 2 is 1.95 bits per heavy atom. The van der Waals surface area contributed by atoms with Crippen molar-refractivity contribution in [1.29, 1.82) is 0 Å². The van der Waals surface area contributed by atoms with Crippen LogP contribution in [0.1, 0.15) is 51.5 Å². The third-order valence-electron chi connectivity index (χ3n) is 3.33. The van der Waals surface area contributed by atoms with Gasteiger partial charge in [-0.1, -0.05) is 39.2 Å². The van der Waals surface area contributed by atoms with Crippen LogP contribution in [0.15, 0.2) is 23.8 Å². The second kappa shape index (κ2) is 9.87. The van der Waals surface area contributed by atoms with Crippen molar-refractivity contribution in [2.24, 2.45) is 0 Å². The maximum atomic E-state index is 11.2. The molecule has 0 fully saturated rings. The first-order valence-corrected chi connectivity index (χ1v) is 7.87. The van der Waals surface area contributed by atoms with Gasteiger partial charge in [0.25, 0.3) is 0 Å². The summed E-state index contributed by atoms with van der Waals surface area (Å²) in [5.74, 6) is 0.454. The summed E-state index contributed by atoms with van der Waals surface area (Å²) in [6.45, 7) is 4.78. The summed E-state index contributed by atoms with van der Waals surface area (Å²) in [4.78, 5) is 11.2. The number of carbonyl (C=O) groups is 1. The van der Waals surface area contributed by atoms with Crippen LogP contribution in [0.5, 0.6) is 11.5 Å². The lowest BCUT2D eigenvalue weighted by atomic mass is 10.1. The van der Waals surface area contributed by atoms with Gasteiger partial charge in [0.2, 0.25) is 0 Å². The van der Waals surface area contributed by atoms with Crippen LogP contribution >= 0.6 is 0 Å². The first-order valence-electron chi connectivity index (χ1n) is 7.87. The normalized spacial score (nSPS) is 11.3. The van der Waals surface area contributed by atoms with E-state index in [1.54, 1.807) is 13.2 Å². The van der Waals surface area contributed by atoms with Gasteiger partial charge in [0.1, 0.15) is 0 Å². The number of unbranched alkanes of at least 4 members (excludes halogenated alkanes) is 2. The quantitative estimate of drug-likeness (QED) is 0.509. The van der Waals surface area contributed by atoms with Crippen LogP contribution in [0.25, 0.3) is 6.08 Å². The van der Waals surface area contributed by atoms with E-state index in [2.05, 4.69) is 6.92 Å². The molecule has 4 heteroatoms. The molecule has 122 valence electrons. The Morgan fingerprint density at radius 3 is 2.55 bits per heavy atom. The van der Waals surface area contributed by atoms with Crippen molar-refractivity contribution in [3.05, 3.63) is 29.3 Å². The molecule has 0 aliphatic rings. The number of carboxylic acid groups (broad SMARTS) is 1. The standard InChI is InChI=1S/C18H26O4/c1-4-6-7-11-22-16-10-9-14(13-17(16)21-3)12-15(8-5-2)18(19)20/h9-10,12-13H,4-8,11H2,1-3H3,(H,19,20). The smallest absolute Gasteiger partial charge is 0.331 e. The van der Waals surface area contributed by atoms with E-state index in [-0.39, 0.29) is 0 Å². The molecule has 1 aromatic carbocycles. The largest absolute Gasteiger partial charge is 0.493 e. The summed E-state index contributed by atoms with van der Waals surface area (Å²) in [6, 6.07) is 5.51. The third kappa shape index (κ3) is 5.80. The zero-order valence-corrected chi connectivity index (χ0v) is 13.7. The van der Waals surface area contributed by atoms with Crippen molar-refractivity contribution in [3.8, 4) is 11.5 Å². The van der Waals surface area contributed by atoms with Crippen LogP contribution in [0.3, 0.4) is 0 Å². The molecule has 0 atom stereocenters. The maximum Gasteiger partial charge on any atom is 0.331 e. The molecule has 0 spiro atoms. The lowest BCUT2D eigenvalue weighted by molar-refractivity contribution is -0.132. The minimum Gasteiger partial charge on any atom is -0.493 e. The SMILES string of the molecule is CCCCCOc1ccc(C=C(CCC)C(=O)O)cc1OC. The highest BCUT2D eigenvalue weighted by Crippen LogP contribution is 2.29. The van der Waals surface area contributed by atoms with Gasteiger partial charge in [0.15, 0.2) is 11.5 Å². The number of carboxylic acids is 1.